The lowest BCUT2D eigenvalue weighted by Gasteiger charge is -2.71. The molecule has 0 atom stereocenters. The van der Waals surface area contributed by atoms with E-state index in [4.69, 9.17) is 0 Å². The van der Waals surface area contributed by atoms with Crippen molar-refractivity contribution in [1.82, 2.24) is 0 Å². The first-order chi connectivity index (χ1) is 7.91. The average Bonchev–Trinajstić information content (AvgIpc) is 3.08. The molecule has 0 saturated heterocycles. The van der Waals surface area contributed by atoms with Crippen LogP contribution in [0.25, 0.3) is 0 Å². The molecule has 3 rings (SSSR count). The first-order valence-corrected chi connectivity index (χ1v) is 7.91. The maximum absolute atomic E-state index is 2.60. The Bertz CT molecular complexity index is 304. The Morgan fingerprint density at radius 3 is 0.889 bits per heavy atom. The Morgan fingerprint density at radius 1 is 0.389 bits per heavy atom. The molecule has 0 unspecified atom stereocenters. The topological polar surface area (TPSA) is 0 Å². The summed E-state index contributed by atoms with van der Waals surface area (Å²) in [6.45, 7) is 20.6. The molecule has 3 aliphatic carbocycles. The largest absolute Gasteiger partial charge is 0.0588 e. The summed E-state index contributed by atoms with van der Waals surface area (Å²) in [5.41, 5.74) is 3.04. The molecule has 0 radical (unpaired) electrons. The molecule has 0 heteroatoms. The van der Waals surface area contributed by atoms with Gasteiger partial charge in [-0.25, -0.2) is 0 Å². The highest BCUT2D eigenvalue weighted by Gasteiger charge is 2.83. The predicted molar refractivity (Wildman–Crippen MR) is 78.5 cm³/mol. The lowest BCUT2D eigenvalue weighted by atomic mass is 9.33. The zero-order valence-electron chi connectivity index (χ0n) is 13.8. The molecule has 3 fully saturated rings. The van der Waals surface area contributed by atoms with Crippen molar-refractivity contribution in [1.29, 1.82) is 0 Å². The van der Waals surface area contributed by atoms with Crippen molar-refractivity contribution in [2.75, 3.05) is 0 Å². The van der Waals surface area contributed by atoms with Crippen molar-refractivity contribution in [3.05, 3.63) is 0 Å². The predicted octanol–water partition coefficient (Wildman–Crippen LogP) is 5.67. The van der Waals surface area contributed by atoms with Crippen molar-refractivity contribution in [2.24, 2.45) is 32.5 Å². The summed E-state index contributed by atoms with van der Waals surface area (Å²) in [4.78, 5) is 0. The molecule has 0 heterocycles. The fourth-order valence-electron chi connectivity index (χ4n) is 6.75. The second-order valence-electron chi connectivity index (χ2n) is 9.66. The van der Waals surface area contributed by atoms with Gasteiger partial charge in [0.05, 0.1) is 0 Å². The Kier molecular flexibility index (Phi) is 1.97. The van der Waals surface area contributed by atoms with E-state index in [0.29, 0.717) is 32.5 Å². The fourth-order valence-corrected chi connectivity index (χ4v) is 6.75. The van der Waals surface area contributed by atoms with E-state index in [1.165, 1.54) is 25.7 Å². The molecule has 0 aromatic rings. The quantitative estimate of drug-likeness (QED) is 0.518. The average molecular weight is 248 g/mol. The minimum atomic E-state index is 0.419. The van der Waals surface area contributed by atoms with Gasteiger partial charge in [-0.05, 0) is 58.2 Å². The van der Waals surface area contributed by atoms with Gasteiger partial charge in [-0.3, -0.25) is 0 Å². The van der Waals surface area contributed by atoms with E-state index in [1.54, 1.807) is 0 Å². The van der Waals surface area contributed by atoms with Gasteiger partial charge >= 0.3 is 0 Å². The molecule has 0 aromatic heterocycles. The first kappa shape index (κ1) is 13.0. The summed E-state index contributed by atoms with van der Waals surface area (Å²) in [6.07, 6.45) is 5.87. The summed E-state index contributed by atoms with van der Waals surface area (Å²) in [6, 6.07) is 0. The van der Waals surface area contributed by atoms with Crippen LogP contribution in [0.5, 0.6) is 0 Å². The van der Waals surface area contributed by atoms with Gasteiger partial charge in [-0.15, -0.1) is 0 Å². The van der Waals surface area contributed by atoms with Crippen molar-refractivity contribution in [3.63, 3.8) is 0 Å². The van der Waals surface area contributed by atoms with Gasteiger partial charge in [-0.1, -0.05) is 55.4 Å². The summed E-state index contributed by atoms with van der Waals surface area (Å²) in [5, 5.41) is 0. The third-order valence-electron chi connectivity index (χ3n) is 9.41. The lowest BCUT2D eigenvalue weighted by Crippen LogP contribution is -2.65. The van der Waals surface area contributed by atoms with Crippen LogP contribution in [-0.2, 0) is 0 Å². The highest BCUT2D eigenvalue weighted by atomic mass is 14.9. The molecule has 2 spiro atoms. The van der Waals surface area contributed by atoms with E-state index < -0.39 is 0 Å². The molecule has 0 N–H and O–H groups in total. The Labute approximate surface area is 114 Å². The van der Waals surface area contributed by atoms with Gasteiger partial charge < -0.3 is 0 Å². The summed E-state index contributed by atoms with van der Waals surface area (Å²) < 4.78 is 0. The summed E-state index contributed by atoms with van der Waals surface area (Å²) >= 11 is 0. The second kappa shape index (κ2) is 2.72. The van der Waals surface area contributed by atoms with Gasteiger partial charge in [0.25, 0.3) is 0 Å². The Morgan fingerprint density at radius 2 is 0.667 bits per heavy atom. The molecule has 0 nitrogen and oxygen atoms in total. The zero-order chi connectivity index (χ0) is 13.8. The van der Waals surface area contributed by atoms with Crippen LogP contribution in [0.1, 0.15) is 81.1 Å². The van der Waals surface area contributed by atoms with E-state index in [1.807, 2.05) is 0 Å². The van der Waals surface area contributed by atoms with Gasteiger partial charge in [-0.2, -0.15) is 0 Å². The maximum Gasteiger partial charge on any atom is -0.0184 e. The van der Waals surface area contributed by atoms with Crippen LogP contribution in [0.2, 0.25) is 0 Å². The normalized spacial score (nSPS) is 38.7. The lowest BCUT2D eigenvalue weighted by molar-refractivity contribution is -0.234. The zero-order valence-corrected chi connectivity index (χ0v) is 13.8. The molecule has 3 saturated carbocycles. The second-order valence-corrected chi connectivity index (χ2v) is 9.66. The van der Waals surface area contributed by atoms with E-state index in [9.17, 15) is 0 Å². The van der Waals surface area contributed by atoms with Crippen LogP contribution >= 0.6 is 0 Å². The molecule has 18 heavy (non-hydrogen) atoms. The van der Waals surface area contributed by atoms with Crippen LogP contribution in [0.4, 0.5) is 0 Å². The van der Waals surface area contributed by atoms with E-state index >= 15 is 0 Å². The van der Waals surface area contributed by atoms with Crippen molar-refractivity contribution >= 4 is 0 Å². The van der Waals surface area contributed by atoms with Crippen LogP contribution < -0.4 is 0 Å². The van der Waals surface area contributed by atoms with Crippen molar-refractivity contribution in [3.8, 4) is 0 Å². The molecule has 3 aliphatic rings. The standard InChI is InChI=1S/C18H32/c1-13(2)14(3,4)17(9-10-17)16(7,8)18(11-12-18)15(13,5)6/h9-12H2,1-8H3. The summed E-state index contributed by atoms with van der Waals surface area (Å²) in [7, 11) is 0. The smallest absolute Gasteiger partial charge is 0.0184 e. The van der Waals surface area contributed by atoms with Gasteiger partial charge in [0.2, 0.25) is 0 Å². The van der Waals surface area contributed by atoms with E-state index in [2.05, 4.69) is 55.4 Å². The van der Waals surface area contributed by atoms with Gasteiger partial charge in [0.1, 0.15) is 0 Å². The monoisotopic (exact) mass is 248 g/mol. The van der Waals surface area contributed by atoms with Crippen LogP contribution in [0.3, 0.4) is 0 Å². The van der Waals surface area contributed by atoms with Gasteiger partial charge in [0.15, 0.2) is 0 Å². The van der Waals surface area contributed by atoms with Crippen molar-refractivity contribution in [2.45, 2.75) is 81.1 Å². The maximum atomic E-state index is 2.60. The molecule has 0 bridgehead atoms. The van der Waals surface area contributed by atoms with Crippen LogP contribution in [0, 0.1) is 32.5 Å². The first-order valence-electron chi connectivity index (χ1n) is 7.91. The van der Waals surface area contributed by atoms with Crippen LogP contribution in [-0.4, -0.2) is 0 Å². The number of hydrogen-bond acceptors (Lipinski definition) is 0. The third-order valence-corrected chi connectivity index (χ3v) is 9.41. The van der Waals surface area contributed by atoms with Crippen LogP contribution in [0.15, 0.2) is 0 Å². The molecule has 0 aromatic carbocycles. The Balaban J connectivity index is 2.25. The molecule has 104 valence electrons. The SMILES string of the molecule is CC1(C)C(C)(C)C2(CC2)C(C)(C)C2(CC2)C1(C)C. The summed E-state index contributed by atoms with van der Waals surface area (Å²) in [5.74, 6) is 0. The number of rotatable bonds is 0. The molecule has 0 aliphatic heterocycles. The van der Waals surface area contributed by atoms with E-state index in [-0.39, 0.29) is 0 Å². The number of hydrogen-bond donors (Lipinski definition) is 0. The highest BCUT2D eigenvalue weighted by Crippen LogP contribution is 2.90. The highest BCUT2D eigenvalue weighted by molar-refractivity contribution is 5.31. The fraction of sp³-hybridized carbons (Fsp3) is 1.00. The van der Waals surface area contributed by atoms with Gasteiger partial charge in [0, 0.05) is 0 Å². The Hall–Kier alpha value is 0. The third kappa shape index (κ3) is 0.879. The molecule has 0 amide bonds. The minimum Gasteiger partial charge on any atom is -0.0588 e. The molecular weight excluding hydrogens is 216 g/mol. The van der Waals surface area contributed by atoms with Crippen molar-refractivity contribution < 1.29 is 0 Å². The minimum absolute atomic E-state index is 0.419. The molecular formula is C18H32. The van der Waals surface area contributed by atoms with E-state index in [0.717, 1.165) is 0 Å².